The molecule has 0 fully saturated rings. The van der Waals surface area contributed by atoms with Gasteiger partial charge < -0.3 is 0 Å². The summed E-state index contributed by atoms with van der Waals surface area (Å²) < 4.78 is 39.6. The molecule has 1 rings (SSSR count). The Balaban J connectivity index is 2.89. The van der Waals surface area contributed by atoms with Gasteiger partial charge in [0.15, 0.2) is 5.08 Å². The first-order valence-corrected chi connectivity index (χ1v) is 6.57. The number of non-ortho nitro benzene ring substituents is 1. The lowest BCUT2D eigenvalue weighted by molar-refractivity contribution is -0.384. The average molecular weight is 328 g/mol. The van der Waals surface area contributed by atoms with Gasteiger partial charge in [-0.25, -0.2) is 4.39 Å². The van der Waals surface area contributed by atoms with Crippen molar-refractivity contribution in [3.05, 3.63) is 34.4 Å². The van der Waals surface area contributed by atoms with Gasteiger partial charge in [0.1, 0.15) is 6.61 Å². The van der Waals surface area contributed by atoms with E-state index in [0.29, 0.717) is 0 Å². The molecule has 1 aromatic rings. The summed E-state index contributed by atoms with van der Waals surface area (Å²) >= 11 is 2.48. The van der Waals surface area contributed by atoms with Crippen molar-refractivity contribution in [1.82, 2.24) is 0 Å². The molecule has 0 radical (unpaired) electrons. The summed E-state index contributed by atoms with van der Waals surface area (Å²) in [5, 5.41) is 8.74. The number of nitro benzene ring substituents is 1. The molecule has 0 aliphatic carbocycles. The lowest BCUT2D eigenvalue weighted by Gasteiger charge is -2.04. The summed E-state index contributed by atoms with van der Waals surface area (Å²) in [6.07, 6.45) is 0. The Morgan fingerprint density at radius 2 is 1.94 bits per heavy atom. The number of benzene rings is 1. The number of nitro groups is 1. The van der Waals surface area contributed by atoms with Crippen molar-refractivity contribution < 1.29 is 21.9 Å². The van der Waals surface area contributed by atoms with E-state index in [2.05, 4.69) is 20.1 Å². The van der Waals surface area contributed by atoms with Gasteiger partial charge in [-0.3, -0.25) is 14.3 Å². The normalized spacial score (nSPS) is 13.3. The van der Waals surface area contributed by atoms with Crippen molar-refractivity contribution in [2.24, 2.45) is 0 Å². The minimum absolute atomic E-state index is 0.243. The molecule has 9 heteroatoms. The van der Waals surface area contributed by atoms with Crippen LogP contribution in [0.25, 0.3) is 0 Å². The van der Waals surface area contributed by atoms with Crippen LogP contribution in [0.15, 0.2) is 29.2 Å². The molecule has 1 atom stereocenters. The van der Waals surface area contributed by atoms with Crippen LogP contribution in [0.2, 0.25) is 0 Å². The monoisotopic (exact) mass is 327 g/mol. The predicted octanol–water partition coefficient (Wildman–Crippen LogP) is 1.99. The first kappa shape index (κ1) is 14.0. The first-order chi connectivity index (χ1) is 7.83. The maximum atomic E-state index is 12.4. The summed E-state index contributed by atoms with van der Waals surface area (Å²) in [5.41, 5.74) is -0.243. The van der Waals surface area contributed by atoms with Crippen LogP contribution in [0, 0.1) is 10.1 Å². The third kappa shape index (κ3) is 4.02. The fourth-order valence-corrected chi connectivity index (χ4v) is 2.15. The highest BCUT2D eigenvalue weighted by Crippen LogP contribution is 2.18. The summed E-state index contributed by atoms with van der Waals surface area (Å²) in [6.45, 7) is -0.667. The molecule has 0 saturated heterocycles. The molecule has 0 heterocycles. The van der Waals surface area contributed by atoms with Gasteiger partial charge in [-0.15, -0.1) is 0 Å². The number of alkyl halides is 2. The van der Waals surface area contributed by atoms with Crippen molar-refractivity contribution in [3.8, 4) is 0 Å². The Labute approximate surface area is 105 Å². The van der Waals surface area contributed by atoms with Crippen LogP contribution in [0.4, 0.5) is 10.1 Å². The van der Waals surface area contributed by atoms with Crippen LogP contribution in [-0.2, 0) is 14.3 Å². The molecule has 0 spiro atoms. The van der Waals surface area contributed by atoms with E-state index in [9.17, 15) is 22.9 Å². The van der Waals surface area contributed by atoms with Crippen molar-refractivity contribution in [2.75, 3.05) is 6.61 Å². The lowest BCUT2D eigenvalue weighted by atomic mass is 10.3. The van der Waals surface area contributed by atoms with E-state index in [-0.39, 0.29) is 10.6 Å². The van der Waals surface area contributed by atoms with E-state index < -0.39 is 26.7 Å². The van der Waals surface area contributed by atoms with Crippen molar-refractivity contribution in [1.29, 1.82) is 0 Å². The van der Waals surface area contributed by atoms with Crippen molar-refractivity contribution in [2.45, 2.75) is 9.98 Å². The van der Waals surface area contributed by atoms with Gasteiger partial charge in [-0.2, -0.15) is 8.42 Å². The summed E-state index contributed by atoms with van der Waals surface area (Å²) in [6, 6.07) is 4.10. The number of hydrogen-bond donors (Lipinski definition) is 0. The van der Waals surface area contributed by atoms with E-state index in [4.69, 9.17) is 0 Å². The third-order valence-electron chi connectivity index (χ3n) is 1.69. The van der Waals surface area contributed by atoms with Gasteiger partial charge >= 0.3 is 0 Å². The Kier molecular flexibility index (Phi) is 4.54. The Morgan fingerprint density at radius 3 is 2.35 bits per heavy atom. The average Bonchev–Trinajstić information content (AvgIpc) is 2.27. The van der Waals surface area contributed by atoms with Gasteiger partial charge in [0.2, 0.25) is 0 Å². The standard InChI is InChI=1S/C8H7BrFNO5S/c9-8(10)5-16-17(14,15)7-3-1-6(2-4-7)11(12)13/h1-4,8H,5H2. The number of halogens is 2. The Hall–Kier alpha value is -1.06. The minimum atomic E-state index is -4.09. The molecule has 0 N–H and O–H groups in total. The summed E-state index contributed by atoms with van der Waals surface area (Å²) in [5.74, 6) is 0. The molecule has 17 heavy (non-hydrogen) atoms. The quantitative estimate of drug-likeness (QED) is 0.357. The number of rotatable bonds is 5. The second kappa shape index (κ2) is 5.52. The molecule has 0 amide bonds. The molecule has 0 aromatic heterocycles. The fraction of sp³-hybridized carbons (Fsp3) is 0.250. The van der Waals surface area contributed by atoms with Gasteiger partial charge in [0, 0.05) is 12.1 Å². The second-order valence-electron chi connectivity index (χ2n) is 2.88. The molecule has 0 aliphatic heterocycles. The topological polar surface area (TPSA) is 86.5 Å². The molecular formula is C8H7BrFNO5S. The molecular weight excluding hydrogens is 321 g/mol. The zero-order valence-electron chi connectivity index (χ0n) is 8.25. The number of nitrogens with zero attached hydrogens (tertiary/aromatic N) is 1. The highest BCUT2D eigenvalue weighted by molar-refractivity contribution is 9.09. The summed E-state index contributed by atoms with van der Waals surface area (Å²) in [4.78, 5) is 9.42. The van der Waals surface area contributed by atoms with Gasteiger partial charge in [0.25, 0.3) is 15.8 Å². The lowest BCUT2D eigenvalue weighted by Crippen LogP contribution is -2.11. The van der Waals surface area contributed by atoms with E-state index in [1.54, 1.807) is 0 Å². The van der Waals surface area contributed by atoms with E-state index in [1.807, 2.05) is 0 Å². The molecule has 0 bridgehead atoms. The van der Waals surface area contributed by atoms with Crippen LogP contribution in [0.1, 0.15) is 0 Å². The van der Waals surface area contributed by atoms with Crippen LogP contribution in [0.3, 0.4) is 0 Å². The summed E-state index contributed by atoms with van der Waals surface area (Å²) in [7, 11) is -4.09. The third-order valence-corrected chi connectivity index (χ3v) is 3.25. The molecule has 1 unspecified atom stereocenters. The Bertz CT molecular complexity index is 501. The zero-order chi connectivity index (χ0) is 13.1. The molecule has 0 saturated carbocycles. The van der Waals surface area contributed by atoms with E-state index >= 15 is 0 Å². The SMILES string of the molecule is O=[N+]([O-])c1ccc(S(=O)(=O)OCC(F)Br)cc1. The number of hydrogen-bond acceptors (Lipinski definition) is 5. The maximum absolute atomic E-state index is 12.4. The van der Waals surface area contributed by atoms with Crippen LogP contribution < -0.4 is 0 Å². The minimum Gasteiger partial charge on any atom is -0.262 e. The van der Waals surface area contributed by atoms with Gasteiger partial charge in [0.05, 0.1) is 9.82 Å². The molecule has 6 nitrogen and oxygen atoms in total. The van der Waals surface area contributed by atoms with Crippen molar-refractivity contribution in [3.63, 3.8) is 0 Å². The van der Waals surface area contributed by atoms with Gasteiger partial charge in [-0.1, -0.05) is 0 Å². The maximum Gasteiger partial charge on any atom is 0.297 e. The van der Waals surface area contributed by atoms with Crippen LogP contribution in [-0.4, -0.2) is 25.0 Å². The Morgan fingerprint density at radius 1 is 1.41 bits per heavy atom. The van der Waals surface area contributed by atoms with Crippen LogP contribution in [0.5, 0.6) is 0 Å². The molecule has 94 valence electrons. The first-order valence-electron chi connectivity index (χ1n) is 4.25. The highest BCUT2D eigenvalue weighted by Gasteiger charge is 2.18. The van der Waals surface area contributed by atoms with Gasteiger partial charge in [-0.05, 0) is 28.1 Å². The predicted molar refractivity (Wildman–Crippen MR) is 60.1 cm³/mol. The van der Waals surface area contributed by atoms with Crippen molar-refractivity contribution >= 4 is 31.7 Å². The van der Waals surface area contributed by atoms with Crippen LogP contribution >= 0.6 is 15.9 Å². The van der Waals surface area contributed by atoms with E-state index in [1.165, 1.54) is 0 Å². The second-order valence-corrected chi connectivity index (χ2v) is 5.49. The fourth-order valence-electron chi connectivity index (χ4n) is 0.944. The molecule has 0 aliphatic rings. The molecule has 1 aromatic carbocycles. The highest BCUT2D eigenvalue weighted by atomic mass is 79.9. The van der Waals surface area contributed by atoms with E-state index in [0.717, 1.165) is 24.3 Å². The zero-order valence-corrected chi connectivity index (χ0v) is 10.6. The smallest absolute Gasteiger partial charge is 0.262 e. The largest absolute Gasteiger partial charge is 0.297 e.